The molecule has 3 aromatic heterocycles. The Morgan fingerprint density at radius 1 is 1.20 bits per heavy atom. The van der Waals surface area contributed by atoms with Crippen LogP contribution in [0, 0.1) is 12.8 Å². The van der Waals surface area contributed by atoms with Crippen molar-refractivity contribution in [3.63, 3.8) is 0 Å². The molecule has 6 heteroatoms. The summed E-state index contributed by atoms with van der Waals surface area (Å²) in [6.45, 7) is 5.05. The molecule has 1 atom stereocenters. The van der Waals surface area contributed by atoms with Crippen LogP contribution in [0.3, 0.4) is 0 Å². The SMILES string of the molecule is Cc1ccc(-c2cc3nccnc3c(NCC3CCCNC3)n2)cn1. The van der Waals surface area contributed by atoms with Crippen LogP contribution in [0.4, 0.5) is 5.82 Å². The van der Waals surface area contributed by atoms with Gasteiger partial charge in [-0.1, -0.05) is 0 Å². The van der Waals surface area contributed by atoms with Crippen molar-refractivity contribution >= 4 is 16.9 Å². The molecule has 25 heavy (non-hydrogen) atoms. The highest BCUT2D eigenvalue weighted by atomic mass is 15.0. The van der Waals surface area contributed by atoms with Gasteiger partial charge in [-0.2, -0.15) is 0 Å². The van der Waals surface area contributed by atoms with Crippen molar-refractivity contribution in [2.45, 2.75) is 19.8 Å². The van der Waals surface area contributed by atoms with Gasteiger partial charge in [0.1, 0.15) is 5.52 Å². The molecule has 0 saturated carbocycles. The lowest BCUT2D eigenvalue weighted by atomic mass is 10.00. The summed E-state index contributed by atoms with van der Waals surface area (Å²) in [5.41, 5.74) is 4.50. The van der Waals surface area contributed by atoms with Gasteiger partial charge in [-0.3, -0.25) is 9.97 Å². The Morgan fingerprint density at radius 2 is 2.12 bits per heavy atom. The van der Waals surface area contributed by atoms with Crippen molar-refractivity contribution in [3.8, 4) is 11.3 Å². The van der Waals surface area contributed by atoms with Crippen LogP contribution in [0.1, 0.15) is 18.5 Å². The van der Waals surface area contributed by atoms with Gasteiger partial charge in [-0.05, 0) is 57.0 Å². The first-order valence-electron chi connectivity index (χ1n) is 8.79. The maximum atomic E-state index is 4.81. The third-order valence-electron chi connectivity index (χ3n) is 4.62. The number of aromatic nitrogens is 4. The van der Waals surface area contributed by atoms with Gasteiger partial charge in [0.25, 0.3) is 0 Å². The van der Waals surface area contributed by atoms with Gasteiger partial charge in [0.15, 0.2) is 5.82 Å². The Bertz CT molecular complexity index is 855. The standard InChI is InChI=1S/C19H22N6/c1-13-4-5-15(12-23-13)16-9-17-18(22-8-7-21-17)19(25-16)24-11-14-3-2-6-20-10-14/h4-5,7-9,12,14,20H,2-3,6,10-11H2,1H3,(H,24,25). The number of rotatable bonds is 4. The monoisotopic (exact) mass is 334 g/mol. The molecule has 2 N–H and O–H groups in total. The largest absolute Gasteiger partial charge is 0.368 e. The summed E-state index contributed by atoms with van der Waals surface area (Å²) >= 11 is 0. The summed E-state index contributed by atoms with van der Waals surface area (Å²) in [5, 5.41) is 6.96. The summed E-state index contributed by atoms with van der Waals surface area (Å²) in [4.78, 5) is 18.1. The van der Waals surface area contributed by atoms with Crippen LogP contribution in [0.25, 0.3) is 22.3 Å². The van der Waals surface area contributed by atoms with Crippen LogP contribution in [0.2, 0.25) is 0 Å². The molecule has 0 amide bonds. The van der Waals surface area contributed by atoms with E-state index in [9.17, 15) is 0 Å². The van der Waals surface area contributed by atoms with Crippen molar-refractivity contribution in [1.29, 1.82) is 0 Å². The van der Waals surface area contributed by atoms with Gasteiger partial charge in [0.05, 0.1) is 11.2 Å². The zero-order chi connectivity index (χ0) is 17.1. The minimum absolute atomic E-state index is 0.618. The Kier molecular flexibility index (Phi) is 4.52. The van der Waals surface area contributed by atoms with Crippen LogP contribution in [-0.4, -0.2) is 39.6 Å². The average Bonchev–Trinajstić information content (AvgIpc) is 2.67. The predicted octanol–water partition coefficient (Wildman–Crippen LogP) is 2.81. The molecule has 1 aliphatic heterocycles. The quantitative estimate of drug-likeness (QED) is 0.764. The Hall–Kier alpha value is -2.60. The van der Waals surface area contributed by atoms with E-state index in [-0.39, 0.29) is 0 Å². The Labute approximate surface area is 147 Å². The van der Waals surface area contributed by atoms with Crippen LogP contribution >= 0.6 is 0 Å². The fourth-order valence-corrected chi connectivity index (χ4v) is 3.20. The highest BCUT2D eigenvalue weighted by Crippen LogP contribution is 2.25. The second-order valence-electron chi connectivity index (χ2n) is 6.56. The third kappa shape index (κ3) is 3.58. The van der Waals surface area contributed by atoms with E-state index in [4.69, 9.17) is 4.98 Å². The minimum atomic E-state index is 0.618. The first-order valence-corrected chi connectivity index (χ1v) is 8.79. The molecule has 0 aromatic carbocycles. The third-order valence-corrected chi connectivity index (χ3v) is 4.62. The Morgan fingerprint density at radius 3 is 2.92 bits per heavy atom. The second kappa shape index (κ2) is 7.11. The maximum Gasteiger partial charge on any atom is 0.154 e. The predicted molar refractivity (Wildman–Crippen MR) is 99.4 cm³/mol. The van der Waals surface area contributed by atoms with E-state index in [2.05, 4.69) is 25.6 Å². The van der Waals surface area contributed by atoms with E-state index >= 15 is 0 Å². The van der Waals surface area contributed by atoms with E-state index in [0.717, 1.165) is 53.4 Å². The fraction of sp³-hybridized carbons (Fsp3) is 0.368. The molecule has 0 spiro atoms. The first kappa shape index (κ1) is 15.9. The summed E-state index contributed by atoms with van der Waals surface area (Å²) in [6.07, 6.45) is 7.76. The highest BCUT2D eigenvalue weighted by Gasteiger charge is 2.15. The second-order valence-corrected chi connectivity index (χ2v) is 6.56. The van der Waals surface area contributed by atoms with E-state index in [0.29, 0.717) is 5.92 Å². The molecular weight excluding hydrogens is 312 g/mol. The zero-order valence-electron chi connectivity index (χ0n) is 14.4. The number of aryl methyl sites for hydroxylation is 1. The topological polar surface area (TPSA) is 75.6 Å². The number of anilines is 1. The molecule has 1 fully saturated rings. The number of nitrogens with one attached hydrogen (secondary N) is 2. The van der Waals surface area contributed by atoms with E-state index in [1.807, 2.05) is 31.3 Å². The fourth-order valence-electron chi connectivity index (χ4n) is 3.20. The van der Waals surface area contributed by atoms with E-state index < -0.39 is 0 Å². The molecule has 4 rings (SSSR count). The van der Waals surface area contributed by atoms with Crippen molar-refractivity contribution in [1.82, 2.24) is 25.3 Å². The number of pyridine rings is 2. The molecule has 0 radical (unpaired) electrons. The lowest BCUT2D eigenvalue weighted by molar-refractivity contribution is 0.392. The summed E-state index contributed by atoms with van der Waals surface area (Å²) in [6, 6.07) is 6.02. The van der Waals surface area contributed by atoms with Crippen LogP contribution in [0.5, 0.6) is 0 Å². The van der Waals surface area contributed by atoms with Crippen LogP contribution in [-0.2, 0) is 0 Å². The van der Waals surface area contributed by atoms with Crippen LogP contribution < -0.4 is 10.6 Å². The van der Waals surface area contributed by atoms with E-state index in [1.54, 1.807) is 12.4 Å². The lowest BCUT2D eigenvalue weighted by Crippen LogP contribution is -2.33. The highest BCUT2D eigenvalue weighted by molar-refractivity contribution is 5.88. The number of fused-ring (bicyclic) bond motifs is 1. The molecular formula is C19H22N6. The number of piperidine rings is 1. The molecule has 1 aliphatic rings. The molecule has 1 saturated heterocycles. The lowest BCUT2D eigenvalue weighted by Gasteiger charge is -2.23. The summed E-state index contributed by atoms with van der Waals surface area (Å²) < 4.78 is 0. The number of hydrogen-bond donors (Lipinski definition) is 2. The average molecular weight is 334 g/mol. The van der Waals surface area contributed by atoms with Gasteiger partial charge in [0.2, 0.25) is 0 Å². The number of hydrogen-bond acceptors (Lipinski definition) is 6. The normalized spacial score (nSPS) is 17.6. The molecule has 3 aromatic rings. The maximum absolute atomic E-state index is 4.81. The van der Waals surface area contributed by atoms with E-state index in [1.165, 1.54) is 12.8 Å². The van der Waals surface area contributed by atoms with Crippen LogP contribution in [0.15, 0.2) is 36.8 Å². The first-order chi connectivity index (χ1) is 12.3. The van der Waals surface area contributed by atoms with Gasteiger partial charge in [-0.25, -0.2) is 9.97 Å². The van der Waals surface area contributed by atoms with Gasteiger partial charge in [0, 0.05) is 36.4 Å². The van der Waals surface area contributed by atoms with Gasteiger partial charge < -0.3 is 10.6 Å². The van der Waals surface area contributed by atoms with Crippen molar-refractivity contribution in [2.24, 2.45) is 5.92 Å². The molecule has 1 unspecified atom stereocenters. The number of nitrogens with zero attached hydrogens (tertiary/aromatic N) is 4. The minimum Gasteiger partial charge on any atom is -0.368 e. The molecule has 0 aliphatic carbocycles. The molecule has 0 bridgehead atoms. The van der Waals surface area contributed by atoms with Crippen molar-refractivity contribution in [3.05, 3.63) is 42.5 Å². The zero-order valence-corrected chi connectivity index (χ0v) is 14.4. The van der Waals surface area contributed by atoms with Gasteiger partial charge >= 0.3 is 0 Å². The van der Waals surface area contributed by atoms with Crippen molar-refractivity contribution < 1.29 is 0 Å². The summed E-state index contributed by atoms with van der Waals surface area (Å²) in [7, 11) is 0. The smallest absolute Gasteiger partial charge is 0.154 e. The molecule has 128 valence electrons. The van der Waals surface area contributed by atoms with Crippen molar-refractivity contribution in [2.75, 3.05) is 25.0 Å². The molecule has 4 heterocycles. The van der Waals surface area contributed by atoms with Gasteiger partial charge in [-0.15, -0.1) is 0 Å². The molecule has 6 nitrogen and oxygen atoms in total. The Balaban J connectivity index is 1.67. The summed E-state index contributed by atoms with van der Waals surface area (Å²) in [5.74, 6) is 1.42.